The summed E-state index contributed by atoms with van der Waals surface area (Å²) in [7, 11) is 0. The third kappa shape index (κ3) is 4.52. The maximum Gasteiger partial charge on any atom is 0.232 e. The van der Waals surface area contributed by atoms with Gasteiger partial charge in [0.1, 0.15) is 19.5 Å². The van der Waals surface area contributed by atoms with Crippen molar-refractivity contribution < 1.29 is 14.3 Å². The molecule has 176 valence electrons. The van der Waals surface area contributed by atoms with Crippen LogP contribution in [-0.2, 0) is 4.79 Å². The van der Waals surface area contributed by atoms with Gasteiger partial charge < -0.3 is 29.9 Å². The van der Waals surface area contributed by atoms with Gasteiger partial charge in [-0.1, -0.05) is 12.1 Å². The molecule has 1 fully saturated rings. The third-order valence-corrected chi connectivity index (χ3v) is 5.90. The number of nitrogens with zero attached hydrogens (tertiary/aromatic N) is 5. The first kappa shape index (κ1) is 21.7. The summed E-state index contributed by atoms with van der Waals surface area (Å²) in [5.74, 6) is 2.60. The van der Waals surface area contributed by atoms with E-state index in [2.05, 4.69) is 41.5 Å². The number of amides is 1. The molecule has 1 amide bonds. The summed E-state index contributed by atoms with van der Waals surface area (Å²) in [4.78, 5) is 29.2. The Bertz CT molecular complexity index is 1190. The van der Waals surface area contributed by atoms with Gasteiger partial charge in [-0.05, 0) is 36.8 Å². The van der Waals surface area contributed by atoms with Crippen molar-refractivity contribution in [3.05, 3.63) is 48.3 Å². The summed E-state index contributed by atoms with van der Waals surface area (Å²) in [5, 5.41) is 6.09. The Labute approximate surface area is 197 Å². The number of fused-ring (bicyclic) bond motifs is 1. The van der Waals surface area contributed by atoms with Crippen molar-refractivity contribution in [1.82, 2.24) is 15.0 Å². The van der Waals surface area contributed by atoms with Crippen molar-refractivity contribution in [2.75, 3.05) is 59.8 Å². The van der Waals surface area contributed by atoms with Crippen LogP contribution < -0.4 is 29.9 Å². The highest BCUT2D eigenvalue weighted by Gasteiger charge is 2.24. The summed E-state index contributed by atoms with van der Waals surface area (Å²) in [5.41, 5.74) is 3.54. The molecular formula is C24H27N7O3. The number of rotatable bonds is 5. The van der Waals surface area contributed by atoms with Crippen molar-refractivity contribution >= 4 is 34.9 Å². The zero-order chi connectivity index (χ0) is 23.5. The Balaban J connectivity index is 1.27. The fraction of sp³-hybridized carbons (Fsp3) is 0.333. The lowest BCUT2D eigenvalue weighted by atomic mass is 10.1. The number of anilines is 5. The van der Waals surface area contributed by atoms with E-state index in [0.717, 1.165) is 60.3 Å². The number of ether oxygens (including phenoxy) is 2. The van der Waals surface area contributed by atoms with E-state index in [-0.39, 0.29) is 5.91 Å². The number of hydrogen-bond acceptors (Lipinski definition) is 9. The predicted octanol–water partition coefficient (Wildman–Crippen LogP) is 2.98. The van der Waals surface area contributed by atoms with Gasteiger partial charge >= 0.3 is 0 Å². The fourth-order valence-electron chi connectivity index (χ4n) is 4.17. The maximum absolute atomic E-state index is 11.5. The molecule has 5 rings (SSSR count). The Morgan fingerprint density at radius 1 is 0.941 bits per heavy atom. The molecule has 2 N–H and O–H groups in total. The summed E-state index contributed by atoms with van der Waals surface area (Å²) >= 11 is 0. The lowest BCUT2D eigenvalue weighted by Gasteiger charge is -2.37. The molecule has 2 aliphatic rings. The minimum absolute atomic E-state index is 0.114. The molecule has 0 spiro atoms. The van der Waals surface area contributed by atoms with E-state index in [1.54, 1.807) is 0 Å². The van der Waals surface area contributed by atoms with Crippen LogP contribution in [-0.4, -0.2) is 60.3 Å². The average molecular weight is 462 g/mol. The van der Waals surface area contributed by atoms with Gasteiger partial charge in [0.25, 0.3) is 0 Å². The van der Waals surface area contributed by atoms with Crippen molar-refractivity contribution in [2.24, 2.45) is 0 Å². The number of hydrogen-bond donors (Lipinski definition) is 2. The topological polar surface area (TPSA) is 105 Å². The number of carbonyl (C=O) groups excluding carboxylic acids is 1. The van der Waals surface area contributed by atoms with E-state index in [9.17, 15) is 4.79 Å². The summed E-state index contributed by atoms with van der Waals surface area (Å²) < 4.78 is 11.6. The molecule has 2 aromatic carbocycles. The standard InChI is InChI=1S/C24H27N7O3/c1-16-18(27-17(2)32)5-3-6-19(16)28-23-25-15-26-24(29-23)31-11-9-30(10-12-31)20-7-4-8-21-22(20)34-14-13-33-21/h3-8,15H,9-14H2,1-2H3,(H,27,32)(H,25,26,28,29). The quantitative estimate of drug-likeness (QED) is 0.593. The molecule has 1 saturated heterocycles. The second-order valence-electron chi connectivity index (χ2n) is 8.17. The van der Waals surface area contributed by atoms with Gasteiger partial charge in [-0.3, -0.25) is 4.79 Å². The van der Waals surface area contributed by atoms with Crippen LogP contribution in [0.3, 0.4) is 0 Å². The van der Waals surface area contributed by atoms with Gasteiger partial charge in [0.2, 0.25) is 17.8 Å². The van der Waals surface area contributed by atoms with E-state index in [4.69, 9.17) is 9.47 Å². The second-order valence-corrected chi connectivity index (χ2v) is 8.17. The SMILES string of the molecule is CC(=O)Nc1cccc(Nc2ncnc(N3CCN(c4cccc5c4OCCO5)CC3)n2)c1C. The maximum atomic E-state index is 11.5. The van der Waals surface area contributed by atoms with Crippen molar-refractivity contribution in [1.29, 1.82) is 0 Å². The molecular weight excluding hydrogens is 434 g/mol. The summed E-state index contributed by atoms with van der Waals surface area (Å²) in [6.07, 6.45) is 1.52. The van der Waals surface area contributed by atoms with E-state index in [1.165, 1.54) is 13.3 Å². The monoisotopic (exact) mass is 461 g/mol. The van der Waals surface area contributed by atoms with Crippen LogP contribution in [0.5, 0.6) is 11.5 Å². The summed E-state index contributed by atoms with van der Waals surface area (Å²) in [6.45, 7) is 7.74. The Kier molecular flexibility index (Phi) is 6.03. The zero-order valence-corrected chi connectivity index (χ0v) is 19.2. The normalized spacial score (nSPS) is 15.1. The molecule has 10 nitrogen and oxygen atoms in total. The first-order valence-corrected chi connectivity index (χ1v) is 11.3. The van der Waals surface area contributed by atoms with Gasteiger partial charge in [-0.2, -0.15) is 4.98 Å². The van der Waals surface area contributed by atoms with Crippen LogP contribution in [0.1, 0.15) is 12.5 Å². The highest BCUT2D eigenvalue weighted by atomic mass is 16.6. The van der Waals surface area contributed by atoms with Crippen molar-refractivity contribution in [3.8, 4) is 11.5 Å². The molecule has 10 heteroatoms. The first-order chi connectivity index (χ1) is 16.6. The number of benzene rings is 2. The van der Waals surface area contributed by atoms with Crippen molar-refractivity contribution in [3.63, 3.8) is 0 Å². The van der Waals surface area contributed by atoms with Crippen LogP contribution in [0.4, 0.5) is 29.0 Å². The lowest BCUT2D eigenvalue weighted by molar-refractivity contribution is -0.114. The molecule has 0 unspecified atom stereocenters. The van der Waals surface area contributed by atoms with Gasteiger partial charge in [-0.15, -0.1) is 0 Å². The minimum atomic E-state index is -0.114. The van der Waals surface area contributed by atoms with E-state index in [1.807, 2.05) is 37.3 Å². The van der Waals surface area contributed by atoms with E-state index >= 15 is 0 Å². The smallest absolute Gasteiger partial charge is 0.232 e. The minimum Gasteiger partial charge on any atom is -0.486 e. The van der Waals surface area contributed by atoms with Gasteiger partial charge in [0, 0.05) is 44.5 Å². The van der Waals surface area contributed by atoms with Crippen LogP contribution in [0, 0.1) is 6.92 Å². The van der Waals surface area contributed by atoms with Crippen LogP contribution in [0.2, 0.25) is 0 Å². The van der Waals surface area contributed by atoms with Gasteiger partial charge in [0.05, 0.1) is 5.69 Å². The number of carbonyl (C=O) groups is 1. The van der Waals surface area contributed by atoms with E-state index in [0.29, 0.717) is 25.1 Å². The molecule has 1 aromatic heterocycles. The number of nitrogens with one attached hydrogen (secondary N) is 2. The fourth-order valence-corrected chi connectivity index (χ4v) is 4.17. The Morgan fingerprint density at radius 2 is 1.68 bits per heavy atom. The van der Waals surface area contributed by atoms with Crippen LogP contribution in [0.15, 0.2) is 42.7 Å². The number of aromatic nitrogens is 3. The Hall–Kier alpha value is -4.08. The number of piperazine rings is 1. The molecule has 0 saturated carbocycles. The lowest BCUT2D eigenvalue weighted by Crippen LogP contribution is -2.47. The third-order valence-electron chi connectivity index (χ3n) is 5.90. The molecule has 0 radical (unpaired) electrons. The van der Waals surface area contributed by atoms with Crippen LogP contribution >= 0.6 is 0 Å². The summed E-state index contributed by atoms with van der Waals surface area (Å²) in [6, 6.07) is 11.7. The van der Waals surface area contributed by atoms with Crippen molar-refractivity contribution in [2.45, 2.75) is 13.8 Å². The first-order valence-electron chi connectivity index (χ1n) is 11.3. The number of para-hydroxylation sites is 1. The van der Waals surface area contributed by atoms with E-state index < -0.39 is 0 Å². The second kappa shape index (κ2) is 9.42. The Morgan fingerprint density at radius 3 is 2.50 bits per heavy atom. The molecule has 2 aliphatic heterocycles. The zero-order valence-electron chi connectivity index (χ0n) is 19.2. The highest BCUT2D eigenvalue weighted by Crippen LogP contribution is 2.39. The molecule has 0 aliphatic carbocycles. The van der Waals surface area contributed by atoms with Crippen LogP contribution in [0.25, 0.3) is 0 Å². The average Bonchev–Trinajstić information content (AvgIpc) is 2.86. The molecule has 0 bridgehead atoms. The molecule has 3 heterocycles. The molecule has 3 aromatic rings. The highest BCUT2D eigenvalue weighted by molar-refractivity contribution is 5.90. The van der Waals surface area contributed by atoms with Gasteiger partial charge in [-0.25, -0.2) is 9.97 Å². The largest absolute Gasteiger partial charge is 0.486 e. The molecule has 34 heavy (non-hydrogen) atoms. The van der Waals surface area contributed by atoms with Gasteiger partial charge in [0.15, 0.2) is 11.5 Å². The molecule has 0 atom stereocenters. The predicted molar refractivity (Wildman–Crippen MR) is 130 cm³/mol.